The van der Waals surface area contributed by atoms with E-state index in [0.29, 0.717) is 26.1 Å². The Morgan fingerprint density at radius 2 is 1.89 bits per heavy atom. The molecule has 0 spiro atoms. The van der Waals surface area contributed by atoms with Crippen molar-refractivity contribution in [1.29, 1.82) is 0 Å². The van der Waals surface area contributed by atoms with Gasteiger partial charge in [0.05, 0.1) is 10.7 Å². The first-order valence-electron chi connectivity index (χ1n) is 9.84. The lowest BCUT2D eigenvalue weighted by Gasteiger charge is -2.42. The number of nitrogens with zero attached hydrogens (tertiary/aromatic N) is 3. The van der Waals surface area contributed by atoms with E-state index in [1.807, 2.05) is 17.9 Å². The summed E-state index contributed by atoms with van der Waals surface area (Å²) < 4.78 is 0. The summed E-state index contributed by atoms with van der Waals surface area (Å²) >= 11 is 1.67. The molecule has 1 aromatic heterocycles. The zero-order valence-corrected chi connectivity index (χ0v) is 17.0. The second-order valence-electron chi connectivity index (χ2n) is 7.71. The highest BCUT2D eigenvalue weighted by atomic mass is 32.1. The number of aromatic nitrogens is 1. The van der Waals surface area contributed by atoms with Crippen LogP contribution >= 0.6 is 11.3 Å². The minimum Gasteiger partial charge on any atom is -0.351 e. The minimum atomic E-state index is -0.496. The molecular formula is C21H26N4O2S. The molecule has 2 aliphatic heterocycles. The molecule has 0 aliphatic carbocycles. The molecule has 2 aliphatic rings. The molecule has 1 aromatic carbocycles. The molecular weight excluding hydrogens is 372 g/mol. The molecule has 2 saturated heterocycles. The van der Waals surface area contributed by atoms with Crippen LogP contribution in [-0.2, 0) is 10.2 Å². The van der Waals surface area contributed by atoms with E-state index < -0.39 is 12.1 Å². The van der Waals surface area contributed by atoms with Crippen molar-refractivity contribution in [2.45, 2.75) is 44.1 Å². The summed E-state index contributed by atoms with van der Waals surface area (Å²) in [6.45, 7) is 3.93. The number of urea groups is 1. The Hall–Kier alpha value is -2.41. The third kappa shape index (κ3) is 3.28. The Balaban J connectivity index is 1.56. The van der Waals surface area contributed by atoms with Gasteiger partial charge in [0.1, 0.15) is 6.04 Å². The van der Waals surface area contributed by atoms with Crippen molar-refractivity contribution in [3.63, 3.8) is 0 Å². The van der Waals surface area contributed by atoms with Crippen molar-refractivity contribution in [2.75, 3.05) is 19.6 Å². The molecule has 2 fully saturated rings. The first-order valence-corrected chi connectivity index (χ1v) is 10.7. The van der Waals surface area contributed by atoms with E-state index in [-0.39, 0.29) is 11.3 Å². The van der Waals surface area contributed by atoms with Gasteiger partial charge in [-0.25, -0.2) is 9.78 Å². The highest BCUT2D eigenvalue weighted by Gasteiger charge is 2.43. The Bertz CT molecular complexity index is 858. The summed E-state index contributed by atoms with van der Waals surface area (Å²) in [5, 5.41) is 3.22. The number of rotatable bonds is 3. The van der Waals surface area contributed by atoms with Gasteiger partial charge >= 0.3 is 6.03 Å². The molecule has 0 radical (unpaired) electrons. The van der Waals surface area contributed by atoms with Gasteiger partial charge in [-0.05, 0) is 38.2 Å². The van der Waals surface area contributed by atoms with E-state index in [1.54, 1.807) is 11.3 Å². The van der Waals surface area contributed by atoms with Gasteiger partial charge in [-0.2, -0.15) is 0 Å². The second-order valence-corrected chi connectivity index (χ2v) is 8.78. The maximum absolute atomic E-state index is 13.1. The summed E-state index contributed by atoms with van der Waals surface area (Å²) in [6, 6.07) is 9.60. The lowest BCUT2D eigenvalue weighted by Crippen LogP contribution is -2.53. The number of benzene rings is 1. The van der Waals surface area contributed by atoms with E-state index in [1.165, 1.54) is 10.5 Å². The Morgan fingerprint density at radius 3 is 2.50 bits per heavy atom. The van der Waals surface area contributed by atoms with Gasteiger partial charge < -0.3 is 15.5 Å². The summed E-state index contributed by atoms with van der Waals surface area (Å²) in [7, 11) is 0. The molecule has 28 heavy (non-hydrogen) atoms. The summed E-state index contributed by atoms with van der Waals surface area (Å²) in [5.41, 5.74) is 7.66. The fraction of sp³-hybridized carbons (Fsp3) is 0.476. The minimum absolute atomic E-state index is 0.0346. The maximum Gasteiger partial charge on any atom is 0.315 e. The van der Waals surface area contributed by atoms with Crippen LogP contribution in [0.25, 0.3) is 0 Å². The van der Waals surface area contributed by atoms with E-state index >= 15 is 0 Å². The van der Waals surface area contributed by atoms with Gasteiger partial charge in [-0.15, -0.1) is 11.3 Å². The van der Waals surface area contributed by atoms with Gasteiger partial charge in [0.15, 0.2) is 0 Å². The zero-order chi connectivity index (χ0) is 19.7. The fourth-order valence-corrected chi connectivity index (χ4v) is 5.35. The number of nitrogens with two attached hydrogens (primary N) is 1. The van der Waals surface area contributed by atoms with Gasteiger partial charge in [-0.1, -0.05) is 30.3 Å². The van der Waals surface area contributed by atoms with Crippen molar-refractivity contribution in [3.8, 4) is 0 Å². The van der Waals surface area contributed by atoms with E-state index in [2.05, 4.69) is 29.6 Å². The number of thiazole rings is 1. The normalized spacial score (nSPS) is 21.7. The highest BCUT2D eigenvalue weighted by Crippen LogP contribution is 2.42. The number of hydrogen-bond acceptors (Lipinski definition) is 4. The predicted octanol–water partition coefficient (Wildman–Crippen LogP) is 2.90. The lowest BCUT2D eigenvalue weighted by molar-refractivity contribution is -0.136. The van der Waals surface area contributed by atoms with Gasteiger partial charge in [0.2, 0.25) is 5.91 Å². The molecule has 2 N–H and O–H groups in total. The van der Waals surface area contributed by atoms with E-state index in [4.69, 9.17) is 10.7 Å². The van der Waals surface area contributed by atoms with Gasteiger partial charge in [-0.3, -0.25) is 4.79 Å². The van der Waals surface area contributed by atoms with Crippen LogP contribution in [-0.4, -0.2) is 52.4 Å². The standard InChI is InChI=1S/C21H26N4O2S/c1-15-23-18(14-28-15)21(16-6-3-2-4-7-16)9-12-24(13-10-21)19(26)17-8-5-11-25(17)20(22)27/h2-4,6-7,14,17H,5,8-13H2,1H3,(H2,22,27)/t17-/m0/s1. The van der Waals surface area contributed by atoms with E-state index in [0.717, 1.165) is 30.0 Å². The van der Waals surface area contributed by atoms with Gasteiger partial charge in [0.25, 0.3) is 0 Å². The smallest absolute Gasteiger partial charge is 0.315 e. The van der Waals surface area contributed by atoms with Crippen LogP contribution in [0, 0.1) is 6.92 Å². The number of likely N-dealkylation sites (tertiary alicyclic amines) is 2. The van der Waals surface area contributed by atoms with Crippen LogP contribution in [0.2, 0.25) is 0 Å². The number of carbonyl (C=O) groups excluding carboxylic acids is 2. The fourth-order valence-electron chi connectivity index (χ4n) is 4.64. The number of aryl methyl sites for hydroxylation is 1. The summed E-state index contributed by atoms with van der Waals surface area (Å²) in [5.74, 6) is 0.0346. The lowest BCUT2D eigenvalue weighted by atomic mass is 9.70. The molecule has 1 atom stereocenters. The largest absolute Gasteiger partial charge is 0.351 e. The Morgan fingerprint density at radius 1 is 1.18 bits per heavy atom. The monoisotopic (exact) mass is 398 g/mol. The average Bonchev–Trinajstić information content (AvgIpc) is 3.38. The van der Waals surface area contributed by atoms with Crippen molar-refractivity contribution in [3.05, 3.63) is 52.0 Å². The van der Waals surface area contributed by atoms with Crippen LogP contribution in [0.4, 0.5) is 4.79 Å². The van der Waals surface area contributed by atoms with Crippen LogP contribution in [0.3, 0.4) is 0 Å². The van der Waals surface area contributed by atoms with Crippen LogP contribution in [0.1, 0.15) is 41.9 Å². The topological polar surface area (TPSA) is 79.5 Å². The molecule has 0 saturated carbocycles. The first-order chi connectivity index (χ1) is 13.5. The number of carbonyl (C=O) groups is 2. The zero-order valence-electron chi connectivity index (χ0n) is 16.1. The molecule has 7 heteroatoms. The highest BCUT2D eigenvalue weighted by molar-refractivity contribution is 7.09. The molecule has 3 amide bonds. The molecule has 148 valence electrons. The Kier molecular flexibility index (Phi) is 5.10. The van der Waals surface area contributed by atoms with Crippen molar-refractivity contribution >= 4 is 23.3 Å². The molecule has 2 aromatic rings. The predicted molar refractivity (Wildman–Crippen MR) is 109 cm³/mol. The van der Waals surface area contributed by atoms with Crippen molar-refractivity contribution in [1.82, 2.24) is 14.8 Å². The van der Waals surface area contributed by atoms with Crippen LogP contribution in [0.5, 0.6) is 0 Å². The van der Waals surface area contributed by atoms with Gasteiger partial charge in [0, 0.05) is 30.4 Å². The summed E-state index contributed by atoms with van der Waals surface area (Å²) in [6.07, 6.45) is 3.19. The van der Waals surface area contributed by atoms with Crippen molar-refractivity contribution in [2.24, 2.45) is 5.73 Å². The third-order valence-electron chi connectivity index (χ3n) is 6.19. The maximum atomic E-state index is 13.1. The quantitative estimate of drug-likeness (QED) is 0.863. The average molecular weight is 399 g/mol. The van der Waals surface area contributed by atoms with E-state index in [9.17, 15) is 9.59 Å². The van der Waals surface area contributed by atoms with Crippen LogP contribution in [0.15, 0.2) is 35.7 Å². The number of hydrogen-bond donors (Lipinski definition) is 1. The van der Waals surface area contributed by atoms with Crippen molar-refractivity contribution < 1.29 is 9.59 Å². The first kappa shape index (κ1) is 18.9. The Labute approximate surface area is 169 Å². The third-order valence-corrected chi connectivity index (χ3v) is 6.96. The van der Waals surface area contributed by atoms with Crippen LogP contribution < -0.4 is 5.73 Å². The number of piperidine rings is 1. The number of amides is 3. The summed E-state index contributed by atoms with van der Waals surface area (Å²) in [4.78, 5) is 33.0. The molecule has 4 rings (SSSR count). The molecule has 0 unspecified atom stereocenters. The number of primary amides is 1. The SMILES string of the molecule is Cc1nc(C2(c3ccccc3)CCN(C(=O)[C@@H]3CCCN3C(N)=O)CC2)cs1. The molecule has 6 nitrogen and oxygen atoms in total. The molecule has 3 heterocycles. The molecule has 0 bridgehead atoms. The second kappa shape index (κ2) is 7.54.